The molecule has 1 fully saturated rings. The van der Waals surface area contributed by atoms with E-state index < -0.39 is 11.9 Å². The van der Waals surface area contributed by atoms with Crippen molar-refractivity contribution < 1.29 is 14.7 Å². The number of carboxylic acids is 1. The molecule has 102 valence electrons. The van der Waals surface area contributed by atoms with Crippen molar-refractivity contribution in [2.45, 2.75) is 17.7 Å². The first-order valence-corrected chi connectivity index (χ1v) is 7.34. The number of hydrogen-bond donors (Lipinski definition) is 1. The molecule has 19 heavy (non-hydrogen) atoms. The molecule has 1 heterocycles. The Balaban J connectivity index is 1.81. The van der Waals surface area contributed by atoms with Gasteiger partial charge in [-0.3, -0.25) is 9.59 Å². The zero-order chi connectivity index (χ0) is 13.7. The van der Waals surface area contributed by atoms with Crippen LogP contribution in [0, 0.1) is 5.92 Å². The number of hydrogen-bond acceptors (Lipinski definition) is 3. The molecule has 5 heteroatoms. The first-order chi connectivity index (χ1) is 9.16. The lowest BCUT2D eigenvalue weighted by Gasteiger charge is -2.30. The third kappa shape index (κ3) is 3.99. The Morgan fingerprint density at radius 1 is 1.37 bits per heavy atom. The summed E-state index contributed by atoms with van der Waals surface area (Å²) in [6, 6.07) is 9.99. The molecule has 1 amide bonds. The van der Waals surface area contributed by atoms with E-state index in [-0.39, 0.29) is 5.91 Å². The van der Waals surface area contributed by atoms with E-state index in [0.717, 1.165) is 5.75 Å². The van der Waals surface area contributed by atoms with E-state index in [1.54, 1.807) is 16.7 Å². The average molecular weight is 279 g/mol. The van der Waals surface area contributed by atoms with Crippen LogP contribution in [0.2, 0.25) is 0 Å². The molecule has 0 spiro atoms. The summed E-state index contributed by atoms with van der Waals surface area (Å²) in [5, 5.41) is 9.00. The second kappa shape index (κ2) is 6.61. The van der Waals surface area contributed by atoms with Crippen molar-refractivity contribution in [2.24, 2.45) is 5.92 Å². The highest BCUT2D eigenvalue weighted by molar-refractivity contribution is 7.99. The van der Waals surface area contributed by atoms with Gasteiger partial charge in [0.15, 0.2) is 0 Å². The Hall–Kier alpha value is -1.49. The van der Waals surface area contributed by atoms with Gasteiger partial charge in [0.1, 0.15) is 0 Å². The highest BCUT2D eigenvalue weighted by atomic mass is 32.2. The largest absolute Gasteiger partial charge is 0.481 e. The van der Waals surface area contributed by atoms with Crippen molar-refractivity contribution in [1.29, 1.82) is 0 Å². The molecule has 4 nitrogen and oxygen atoms in total. The molecule has 1 atom stereocenters. The maximum atomic E-state index is 11.7. The van der Waals surface area contributed by atoms with Crippen molar-refractivity contribution in [3.63, 3.8) is 0 Å². The lowest BCUT2D eigenvalue weighted by atomic mass is 9.98. The molecule has 2 rings (SSSR count). The second-order valence-corrected chi connectivity index (χ2v) is 5.74. The highest BCUT2D eigenvalue weighted by Gasteiger charge is 2.29. The average Bonchev–Trinajstić information content (AvgIpc) is 2.42. The fraction of sp³-hybridized carbons (Fsp3) is 0.429. The molecule has 1 N–H and O–H groups in total. The number of thioether (sulfide) groups is 1. The molecule has 0 bridgehead atoms. The molecule has 1 aliphatic heterocycles. The van der Waals surface area contributed by atoms with Gasteiger partial charge in [0.2, 0.25) is 5.91 Å². The SMILES string of the molecule is O=C(O)C1CCC(=O)N(CCSc2ccccc2)C1. The van der Waals surface area contributed by atoms with Gasteiger partial charge in [-0.2, -0.15) is 0 Å². The number of carboxylic acid groups (broad SMARTS) is 1. The van der Waals surface area contributed by atoms with Gasteiger partial charge in [0, 0.05) is 30.2 Å². The zero-order valence-electron chi connectivity index (χ0n) is 10.6. The van der Waals surface area contributed by atoms with Crippen molar-refractivity contribution in [3.05, 3.63) is 30.3 Å². The summed E-state index contributed by atoms with van der Waals surface area (Å²) in [6.07, 6.45) is 0.823. The smallest absolute Gasteiger partial charge is 0.308 e. The second-order valence-electron chi connectivity index (χ2n) is 4.58. The third-order valence-electron chi connectivity index (χ3n) is 3.22. The lowest BCUT2D eigenvalue weighted by Crippen LogP contribution is -2.43. The van der Waals surface area contributed by atoms with Crippen LogP contribution in [0.5, 0.6) is 0 Å². The van der Waals surface area contributed by atoms with Gasteiger partial charge >= 0.3 is 5.97 Å². The quantitative estimate of drug-likeness (QED) is 0.839. The molecular weight excluding hydrogens is 262 g/mol. The van der Waals surface area contributed by atoms with Gasteiger partial charge in [-0.25, -0.2) is 0 Å². The van der Waals surface area contributed by atoms with E-state index in [1.165, 1.54) is 4.90 Å². The first-order valence-electron chi connectivity index (χ1n) is 6.35. The predicted molar refractivity (Wildman–Crippen MR) is 74.1 cm³/mol. The molecule has 0 radical (unpaired) electrons. The first kappa shape index (κ1) is 13.9. The number of likely N-dealkylation sites (tertiary alicyclic amines) is 1. The summed E-state index contributed by atoms with van der Waals surface area (Å²) in [6.45, 7) is 0.964. The molecule has 1 saturated heterocycles. The summed E-state index contributed by atoms with van der Waals surface area (Å²) in [7, 11) is 0. The predicted octanol–water partition coefficient (Wildman–Crippen LogP) is 2.10. The van der Waals surface area contributed by atoms with E-state index in [0.29, 0.717) is 25.9 Å². The number of benzene rings is 1. The third-order valence-corrected chi connectivity index (χ3v) is 4.21. The van der Waals surface area contributed by atoms with E-state index in [9.17, 15) is 9.59 Å². The van der Waals surface area contributed by atoms with Crippen LogP contribution in [-0.2, 0) is 9.59 Å². The van der Waals surface area contributed by atoms with Gasteiger partial charge in [0.05, 0.1) is 5.92 Å². The fourth-order valence-electron chi connectivity index (χ4n) is 2.12. The number of nitrogens with zero attached hydrogens (tertiary/aromatic N) is 1. The number of carbonyl (C=O) groups excluding carboxylic acids is 1. The van der Waals surface area contributed by atoms with Gasteiger partial charge in [-0.1, -0.05) is 18.2 Å². The summed E-state index contributed by atoms with van der Waals surface area (Å²) in [5.41, 5.74) is 0. The van der Waals surface area contributed by atoms with E-state index in [1.807, 2.05) is 30.3 Å². The number of rotatable bonds is 5. The zero-order valence-corrected chi connectivity index (χ0v) is 11.4. The van der Waals surface area contributed by atoms with E-state index in [4.69, 9.17) is 5.11 Å². The Morgan fingerprint density at radius 3 is 2.79 bits per heavy atom. The molecule has 0 aromatic heterocycles. The van der Waals surface area contributed by atoms with Crippen LogP contribution >= 0.6 is 11.8 Å². The van der Waals surface area contributed by atoms with Crippen LogP contribution in [0.25, 0.3) is 0 Å². The van der Waals surface area contributed by atoms with Crippen LogP contribution in [-0.4, -0.2) is 40.7 Å². The molecule has 1 aromatic carbocycles. The molecule has 1 unspecified atom stereocenters. The van der Waals surface area contributed by atoms with Gasteiger partial charge in [-0.05, 0) is 18.6 Å². The van der Waals surface area contributed by atoms with Crippen molar-refractivity contribution >= 4 is 23.6 Å². The van der Waals surface area contributed by atoms with Crippen molar-refractivity contribution in [3.8, 4) is 0 Å². The number of aliphatic carboxylic acids is 1. The van der Waals surface area contributed by atoms with Gasteiger partial charge < -0.3 is 10.0 Å². The summed E-state index contributed by atoms with van der Waals surface area (Å²) < 4.78 is 0. The monoisotopic (exact) mass is 279 g/mol. The number of amides is 1. The topological polar surface area (TPSA) is 57.6 Å². The Kier molecular flexibility index (Phi) is 4.85. The van der Waals surface area contributed by atoms with Crippen LogP contribution in [0.3, 0.4) is 0 Å². The normalized spacial score (nSPS) is 19.5. The van der Waals surface area contributed by atoms with E-state index >= 15 is 0 Å². The minimum absolute atomic E-state index is 0.0751. The van der Waals surface area contributed by atoms with Crippen LogP contribution < -0.4 is 0 Å². The summed E-state index contributed by atoms with van der Waals surface area (Å²) >= 11 is 1.68. The molecule has 0 saturated carbocycles. The van der Waals surface area contributed by atoms with E-state index in [2.05, 4.69) is 0 Å². The van der Waals surface area contributed by atoms with Crippen LogP contribution in [0.15, 0.2) is 35.2 Å². The number of piperidine rings is 1. The summed E-state index contributed by atoms with van der Waals surface area (Å²) in [5.74, 6) is -0.332. The molecule has 1 aromatic rings. The minimum atomic E-state index is -0.798. The van der Waals surface area contributed by atoms with Crippen molar-refractivity contribution in [1.82, 2.24) is 4.90 Å². The standard InChI is InChI=1S/C14H17NO3S/c16-13-7-6-11(14(17)18)10-15(13)8-9-19-12-4-2-1-3-5-12/h1-5,11H,6-10H2,(H,17,18). The van der Waals surface area contributed by atoms with Crippen LogP contribution in [0.1, 0.15) is 12.8 Å². The lowest BCUT2D eigenvalue weighted by molar-refractivity contribution is -0.147. The Bertz CT molecular complexity index is 449. The van der Waals surface area contributed by atoms with Crippen LogP contribution in [0.4, 0.5) is 0 Å². The maximum absolute atomic E-state index is 11.7. The number of carbonyl (C=O) groups is 2. The Labute approximate surface area is 116 Å². The molecule has 1 aliphatic rings. The highest BCUT2D eigenvalue weighted by Crippen LogP contribution is 2.20. The summed E-state index contributed by atoms with van der Waals surface area (Å²) in [4.78, 5) is 25.5. The molecule has 0 aliphatic carbocycles. The van der Waals surface area contributed by atoms with Gasteiger partial charge in [-0.15, -0.1) is 11.8 Å². The van der Waals surface area contributed by atoms with Crippen molar-refractivity contribution in [2.75, 3.05) is 18.8 Å². The molecular formula is C14H17NO3S. The minimum Gasteiger partial charge on any atom is -0.481 e. The fourth-order valence-corrected chi connectivity index (χ4v) is 3.02. The Morgan fingerprint density at radius 2 is 2.11 bits per heavy atom. The maximum Gasteiger partial charge on any atom is 0.308 e. The van der Waals surface area contributed by atoms with Gasteiger partial charge in [0.25, 0.3) is 0 Å².